The van der Waals surface area contributed by atoms with Gasteiger partial charge in [-0.25, -0.2) is 9.78 Å². The maximum atomic E-state index is 14.2. The fourth-order valence-corrected chi connectivity index (χ4v) is 2.86. The summed E-state index contributed by atoms with van der Waals surface area (Å²) in [5, 5.41) is 0. The van der Waals surface area contributed by atoms with Crippen LogP contribution < -0.4 is 0 Å². The van der Waals surface area contributed by atoms with Crippen molar-refractivity contribution in [3.63, 3.8) is 0 Å². The first-order valence-corrected chi connectivity index (χ1v) is 8.02. The van der Waals surface area contributed by atoms with Gasteiger partial charge < -0.3 is 4.74 Å². The summed E-state index contributed by atoms with van der Waals surface area (Å²) in [5.74, 6) is -1.86. The second-order valence-corrected chi connectivity index (χ2v) is 7.38. The minimum atomic E-state index is -0.955. The number of ether oxygens (including phenoxy) is 1. The molecular weight excluding hydrogens is 295 g/mol. The molecule has 0 N–H and O–H groups in total. The van der Waals surface area contributed by atoms with Gasteiger partial charge >= 0.3 is 5.97 Å². The average Bonchev–Trinajstić information content (AvgIpc) is 2.50. The van der Waals surface area contributed by atoms with E-state index < -0.39 is 11.8 Å². The Kier molecular flexibility index (Phi) is 4.60. The summed E-state index contributed by atoms with van der Waals surface area (Å²) in [6, 6.07) is 0. The lowest BCUT2D eigenvalue weighted by Gasteiger charge is -2.39. The minimum absolute atomic E-state index is 0.0479. The largest absolute Gasteiger partial charge is 0.461 e. The van der Waals surface area contributed by atoms with Crippen LogP contribution in [0.25, 0.3) is 5.57 Å². The van der Waals surface area contributed by atoms with E-state index in [2.05, 4.69) is 37.7 Å². The Morgan fingerprint density at radius 2 is 1.78 bits per heavy atom. The van der Waals surface area contributed by atoms with Crippen molar-refractivity contribution in [3.05, 3.63) is 29.1 Å². The van der Waals surface area contributed by atoms with Crippen LogP contribution in [0.2, 0.25) is 0 Å². The molecule has 0 radical (unpaired) electrons. The van der Waals surface area contributed by atoms with Crippen LogP contribution in [0.5, 0.6) is 0 Å². The quantitative estimate of drug-likeness (QED) is 0.622. The van der Waals surface area contributed by atoms with Crippen molar-refractivity contribution >= 4 is 11.5 Å². The Labute approximate surface area is 137 Å². The smallest absolute Gasteiger partial charge is 0.367 e. The van der Waals surface area contributed by atoms with Gasteiger partial charge in [-0.3, -0.25) is 4.98 Å². The number of hydrogen-bond acceptors (Lipinski definition) is 4. The highest BCUT2D eigenvalue weighted by molar-refractivity contribution is 5.94. The van der Waals surface area contributed by atoms with Gasteiger partial charge in [0.25, 0.3) is 0 Å². The molecule has 1 aliphatic rings. The molecular formula is C18H25FN2O2. The number of allylic oxidation sites excluding steroid dienone is 1. The third-order valence-electron chi connectivity index (χ3n) is 4.60. The summed E-state index contributed by atoms with van der Waals surface area (Å²) in [6.45, 7) is 11.9. The second kappa shape index (κ2) is 6.02. The Bertz CT molecular complexity index is 663. The molecule has 0 saturated heterocycles. The molecule has 0 fully saturated rings. The Morgan fingerprint density at radius 3 is 2.35 bits per heavy atom. The van der Waals surface area contributed by atoms with E-state index in [9.17, 15) is 9.18 Å². The van der Waals surface area contributed by atoms with Crippen LogP contribution in [0.15, 0.2) is 12.0 Å². The van der Waals surface area contributed by atoms with E-state index in [1.165, 1.54) is 6.92 Å². The molecule has 0 atom stereocenters. The summed E-state index contributed by atoms with van der Waals surface area (Å²) in [7, 11) is 0. The van der Waals surface area contributed by atoms with Crippen LogP contribution in [0.3, 0.4) is 0 Å². The molecule has 23 heavy (non-hydrogen) atoms. The summed E-state index contributed by atoms with van der Waals surface area (Å²) in [6.07, 6.45) is 3.58. The van der Waals surface area contributed by atoms with Crippen LogP contribution in [0, 0.1) is 0 Å². The van der Waals surface area contributed by atoms with Gasteiger partial charge in [0.2, 0.25) is 5.83 Å². The SMILES string of the molecule is CCOC(=O)C(F)=C(C)c1cnc2c(n1)C(C)(C)CCC2(C)C. The zero-order valence-corrected chi connectivity index (χ0v) is 14.8. The molecule has 126 valence electrons. The zero-order chi connectivity index (χ0) is 17.4. The number of carbonyl (C=O) groups excluding carboxylic acids is 1. The molecule has 0 amide bonds. The van der Waals surface area contributed by atoms with Crippen LogP contribution in [-0.4, -0.2) is 22.5 Å². The number of fused-ring (bicyclic) bond motifs is 1. The molecule has 4 nitrogen and oxygen atoms in total. The van der Waals surface area contributed by atoms with Crippen LogP contribution in [0.4, 0.5) is 4.39 Å². The van der Waals surface area contributed by atoms with Gasteiger partial charge in [0.15, 0.2) is 0 Å². The molecule has 1 aromatic rings. The van der Waals surface area contributed by atoms with E-state index in [0.29, 0.717) is 5.69 Å². The first-order chi connectivity index (χ1) is 10.6. The monoisotopic (exact) mass is 320 g/mol. The van der Waals surface area contributed by atoms with Gasteiger partial charge in [-0.1, -0.05) is 27.7 Å². The van der Waals surface area contributed by atoms with Gasteiger partial charge in [-0.05, 0) is 26.7 Å². The Hall–Kier alpha value is -1.78. The number of nitrogens with zero attached hydrogens (tertiary/aromatic N) is 2. The highest BCUT2D eigenvalue weighted by Gasteiger charge is 2.39. The maximum Gasteiger partial charge on any atom is 0.367 e. The topological polar surface area (TPSA) is 52.1 Å². The Morgan fingerprint density at radius 1 is 1.22 bits per heavy atom. The number of hydrogen-bond donors (Lipinski definition) is 0. The van der Waals surface area contributed by atoms with Gasteiger partial charge in [0.05, 0.1) is 29.9 Å². The third kappa shape index (κ3) is 3.28. The van der Waals surface area contributed by atoms with Crippen LogP contribution in [-0.2, 0) is 20.4 Å². The number of halogens is 1. The summed E-state index contributed by atoms with van der Waals surface area (Å²) in [4.78, 5) is 20.8. The third-order valence-corrected chi connectivity index (χ3v) is 4.60. The van der Waals surface area contributed by atoms with Crippen molar-refractivity contribution in [1.82, 2.24) is 9.97 Å². The van der Waals surface area contributed by atoms with E-state index in [1.54, 1.807) is 13.1 Å². The molecule has 2 rings (SSSR count). The summed E-state index contributed by atoms with van der Waals surface area (Å²) in [5.41, 5.74) is 2.24. The van der Waals surface area contributed by atoms with E-state index in [-0.39, 0.29) is 23.0 Å². The number of aromatic nitrogens is 2. The van der Waals surface area contributed by atoms with Crippen molar-refractivity contribution < 1.29 is 13.9 Å². The molecule has 0 saturated carbocycles. The van der Waals surface area contributed by atoms with Gasteiger partial charge in [0.1, 0.15) is 0 Å². The van der Waals surface area contributed by atoms with E-state index >= 15 is 0 Å². The lowest BCUT2D eigenvalue weighted by Crippen LogP contribution is -2.36. The summed E-state index contributed by atoms with van der Waals surface area (Å²) < 4.78 is 18.9. The van der Waals surface area contributed by atoms with Gasteiger partial charge in [0, 0.05) is 16.4 Å². The highest BCUT2D eigenvalue weighted by Crippen LogP contribution is 2.44. The molecule has 1 heterocycles. The highest BCUT2D eigenvalue weighted by atomic mass is 19.1. The fraction of sp³-hybridized carbons (Fsp3) is 0.611. The minimum Gasteiger partial charge on any atom is -0.461 e. The van der Waals surface area contributed by atoms with Crippen molar-refractivity contribution in [2.24, 2.45) is 0 Å². The zero-order valence-electron chi connectivity index (χ0n) is 14.8. The predicted molar refractivity (Wildman–Crippen MR) is 87.7 cm³/mol. The van der Waals surface area contributed by atoms with E-state index in [0.717, 1.165) is 24.2 Å². The van der Waals surface area contributed by atoms with Crippen molar-refractivity contribution in [1.29, 1.82) is 0 Å². The van der Waals surface area contributed by atoms with Gasteiger partial charge in [-0.2, -0.15) is 4.39 Å². The van der Waals surface area contributed by atoms with Crippen LogP contribution in [0.1, 0.15) is 71.5 Å². The van der Waals surface area contributed by atoms with Crippen LogP contribution >= 0.6 is 0 Å². The van der Waals surface area contributed by atoms with Crippen molar-refractivity contribution in [2.75, 3.05) is 6.61 Å². The molecule has 1 aliphatic carbocycles. The molecule has 0 spiro atoms. The lowest BCUT2D eigenvalue weighted by molar-refractivity contribution is -0.140. The molecule has 0 aliphatic heterocycles. The first kappa shape index (κ1) is 17.6. The standard InChI is InChI=1S/C18H25FN2O2/c1-7-23-16(22)13(19)11(2)12-10-20-14-15(21-12)18(5,6)9-8-17(14,3)4/h10H,7-9H2,1-6H3. The van der Waals surface area contributed by atoms with Crippen molar-refractivity contribution in [3.8, 4) is 0 Å². The van der Waals surface area contributed by atoms with Crippen molar-refractivity contribution in [2.45, 2.75) is 65.2 Å². The molecule has 5 heteroatoms. The molecule has 0 aromatic carbocycles. The number of esters is 1. The molecule has 0 unspecified atom stereocenters. The lowest BCUT2D eigenvalue weighted by atomic mass is 9.67. The molecule has 0 bridgehead atoms. The average molecular weight is 320 g/mol. The van der Waals surface area contributed by atoms with E-state index in [4.69, 9.17) is 4.74 Å². The normalized spacial score (nSPS) is 19.6. The van der Waals surface area contributed by atoms with E-state index in [1.807, 2.05) is 0 Å². The first-order valence-electron chi connectivity index (χ1n) is 8.02. The predicted octanol–water partition coefficient (Wildman–Crippen LogP) is 4.09. The maximum absolute atomic E-state index is 14.2. The summed E-state index contributed by atoms with van der Waals surface area (Å²) >= 11 is 0. The molecule has 1 aromatic heterocycles. The number of carbonyl (C=O) groups is 1. The number of rotatable bonds is 3. The second-order valence-electron chi connectivity index (χ2n) is 7.38. The fourth-order valence-electron chi connectivity index (χ4n) is 2.86. The Balaban J connectivity index is 2.52. The van der Waals surface area contributed by atoms with Gasteiger partial charge in [-0.15, -0.1) is 0 Å².